The van der Waals surface area contributed by atoms with Crippen molar-refractivity contribution in [3.05, 3.63) is 33.5 Å². The Morgan fingerprint density at radius 3 is 1.95 bits per heavy atom. The molecule has 0 unspecified atom stereocenters. The lowest BCUT2D eigenvalue weighted by atomic mass is 10.2. The molecule has 0 saturated heterocycles. The number of anilines is 1. The molecule has 1 heterocycles. The van der Waals surface area contributed by atoms with Crippen LogP contribution < -0.4 is 4.90 Å². The van der Waals surface area contributed by atoms with Crippen LogP contribution in [0.3, 0.4) is 0 Å². The SMILES string of the molecule is CC1=C(C)C(=O)N(c2c(I)cc(I)c(C(=O)O)c2I)C1=O. The molecule has 0 fully saturated rings. The van der Waals surface area contributed by atoms with E-state index in [2.05, 4.69) is 0 Å². The third-order valence-corrected chi connectivity index (χ3v) is 5.92. The van der Waals surface area contributed by atoms with Crippen LogP contribution in [0.15, 0.2) is 17.2 Å². The highest BCUT2D eigenvalue weighted by Gasteiger charge is 2.38. The quantitative estimate of drug-likeness (QED) is 0.406. The van der Waals surface area contributed by atoms with Gasteiger partial charge in [-0.2, -0.15) is 0 Å². The van der Waals surface area contributed by atoms with Gasteiger partial charge in [0.1, 0.15) is 0 Å². The highest BCUT2D eigenvalue weighted by Crippen LogP contribution is 2.37. The zero-order valence-corrected chi connectivity index (χ0v) is 17.3. The van der Waals surface area contributed by atoms with Crippen molar-refractivity contribution in [1.82, 2.24) is 0 Å². The Morgan fingerprint density at radius 2 is 1.52 bits per heavy atom. The molecule has 1 aromatic rings. The third kappa shape index (κ3) is 2.73. The molecule has 1 N–H and O–H groups in total. The molecule has 0 aliphatic carbocycles. The number of aromatic carboxylic acids is 1. The lowest BCUT2D eigenvalue weighted by molar-refractivity contribution is -0.120. The van der Waals surface area contributed by atoms with Gasteiger partial charge in [0, 0.05) is 18.3 Å². The second kappa shape index (κ2) is 6.10. The maximum absolute atomic E-state index is 12.3. The molecule has 1 aromatic carbocycles. The fraction of sp³-hybridized carbons (Fsp3) is 0.154. The Morgan fingerprint density at radius 1 is 1.05 bits per heavy atom. The summed E-state index contributed by atoms with van der Waals surface area (Å²) in [7, 11) is 0. The summed E-state index contributed by atoms with van der Waals surface area (Å²) in [5.74, 6) is -1.88. The molecule has 110 valence electrons. The van der Waals surface area contributed by atoms with Gasteiger partial charge in [-0.15, -0.1) is 0 Å². The summed E-state index contributed by atoms with van der Waals surface area (Å²) in [6, 6.07) is 1.66. The number of nitrogens with zero attached hydrogens (tertiary/aromatic N) is 1. The van der Waals surface area contributed by atoms with Crippen LogP contribution >= 0.6 is 67.8 Å². The number of carboxylic acids is 1. The summed E-state index contributed by atoms with van der Waals surface area (Å²) in [6.07, 6.45) is 0. The van der Waals surface area contributed by atoms with Crippen molar-refractivity contribution >= 4 is 91.2 Å². The molecule has 0 spiro atoms. The highest BCUT2D eigenvalue weighted by atomic mass is 127. The monoisotopic (exact) mass is 623 g/mol. The first-order chi connectivity index (χ1) is 9.68. The zero-order chi connectivity index (χ0) is 16.1. The van der Waals surface area contributed by atoms with Gasteiger partial charge in [0.15, 0.2) is 0 Å². The fourth-order valence-electron chi connectivity index (χ4n) is 1.93. The van der Waals surface area contributed by atoms with Crippen LogP contribution in [0.1, 0.15) is 24.2 Å². The van der Waals surface area contributed by atoms with Crippen molar-refractivity contribution in [2.75, 3.05) is 4.90 Å². The maximum atomic E-state index is 12.3. The molecule has 1 aliphatic heterocycles. The van der Waals surface area contributed by atoms with Crippen molar-refractivity contribution in [2.24, 2.45) is 0 Å². The molecule has 0 radical (unpaired) electrons. The molecule has 2 rings (SSSR count). The van der Waals surface area contributed by atoms with Crippen molar-refractivity contribution in [3.8, 4) is 0 Å². The van der Waals surface area contributed by atoms with E-state index in [1.165, 1.54) is 0 Å². The summed E-state index contributed by atoms with van der Waals surface area (Å²) in [6.45, 7) is 3.19. The number of halogens is 3. The Kier molecular flexibility index (Phi) is 4.97. The van der Waals surface area contributed by atoms with Gasteiger partial charge < -0.3 is 5.11 Å². The molecule has 2 amide bonds. The molecular weight excluding hydrogens is 615 g/mol. The van der Waals surface area contributed by atoms with E-state index in [-0.39, 0.29) is 5.56 Å². The van der Waals surface area contributed by atoms with E-state index in [0.29, 0.717) is 27.5 Å². The molecule has 0 saturated carbocycles. The van der Waals surface area contributed by atoms with Crippen LogP contribution in [-0.2, 0) is 9.59 Å². The predicted molar refractivity (Wildman–Crippen MR) is 102 cm³/mol. The number of imide groups is 1. The maximum Gasteiger partial charge on any atom is 0.337 e. The van der Waals surface area contributed by atoms with Gasteiger partial charge in [0.05, 0.1) is 14.8 Å². The van der Waals surface area contributed by atoms with E-state index >= 15 is 0 Å². The van der Waals surface area contributed by atoms with E-state index in [1.54, 1.807) is 19.9 Å². The van der Waals surface area contributed by atoms with Gasteiger partial charge in [-0.3, -0.25) is 9.59 Å². The van der Waals surface area contributed by atoms with Crippen molar-refractivity contribution in [1.29, 1.82) is 0 Å². The van der Waals surface area contributed by atoms with Gasteiger partial charge in [-0.05, 0) is 87.7 Å². The zero-order valence-electron chi connectivity index (χ0n) is 10.8. The molecule has 0 bridgehead atoms. The normalized spacial score (nSPS) is 15.2. The van der Waals surface area contributed by atoms with Crippen LogP contribution in [0.4, 0.5) is 5.69 Å². The second-order valence-electron chi connectivity index (χ2n) is 4.38. The summed E-state index contributed by atoms with van der Waals surface area (Å²) >= 11 is 5.82. The number of benzene rings is 1. The first kappa shape index (κ1) is 17.1. The minimum absolute atomic E-state index is 0.106. The molecule has 0 aromatic heterocycles. The fourth-order valence-corrected chi connectivity index (χ4v) is 6.25. The molecule has 8 heteroatoms. The van der Waals surface area contributed by atoms with Crippen molar-refractivity contribution in [3.63, 3.8) is 0 Å². The lowest BCUT2D eigenvalue weighted by Gasteiger charge is -2.20. The standard InChI is InChI=1S/C13H8I3NO4/c1-4-5(2)12(19)17(11(4)18)10-7(15)3-6(14)8(9(10)16)13(20)21/h3H,1-2H3,(H,20,21). The lowest BCUT2D eigenvalue weighted by Crippen LogP contribution is -2.33. The minimum atomic E-state index is -1.08. The third-order valence-electron chi connectivity index (χ3n) is 3.19. The van der Waals surface area contributed by atoms with Gasteiger partial charge in [0.2, 0.25) is 0 Å². The molecular formula is C13H8I3NO4. The van der Waals surface area contributed by atoms with Gasteiger partial charge in [-0.25, -0.2) is 9.69 Å². The second-order valence-corrected chi connectivity index (χ2v) is 7.78. The Labute approximate surface area is 161 Å². The molecule has 0 atom stereocenters. The van der Waals surface area contributed by atoms with E-state index in [4.69, 9.17) is 0 Å². The van der Waals surface area contributed by atoms with Crippen LogP contribution in [0.5, 0.6) is 0 Å². The van der Waals surface area contributed by atoms with Crippen molar-refractivity contribution in [2.45, 2.75) is 13.8 Å². The number of carboxylic acid groups (broad SMARTS) is 1. The van der Waals surface area contributed by atoms with Crippen LogP contribution in [-0.4, -0.2) is 22.9 Å². The predicted octanol–water partition coefficient (Wildman–Crippen LogP) is 3.41. The van der Waals surface area contributed by atoms with Crippen molar-refractivity contribution < 1.29 is 19.5 Å². The first-order valence-electron chi connectivity index (χ1n) is 5.65. The number of amides is 2. The topological polar surface area (TPSA) is 74.7 Å². The van der Waals surface area contributed by atoms with E-state index < -0.39 is 17.8 Å². The first-order valence-corrected chi connectivity index (χ1v) is 8.89. The summed E-state index contributed by atoms with van der Waals surface area (Å²) in [5.41, 5.74) is 1.23. The average Bonchev–Trinajstić information content (AvgIpc) is 2.55. The van der Waals surface area contributed by atoms with Crippen LogP contribution in [0.2, 0.25) is 0 Å². The summed E-state index contributed by atoms with van der Waals surface area (Å²) < 4.78 is 1.62. The minimum Gasteiger partial charge on any atom is -0.478 e. The number of carbonyl (C=O) groups is 3. The van der Waals surface area contributed by atoms with Crippen LogP contribution in [0.25, 0.3) is 0 Å². The average molecular weight is 623 g/mol. The number of carbonyl (C=O) groups excluding carboxylic acids is 2. The Hall–Kier alpha value is -0.240. The summed E-state index contributed by atoms with van der Waals surface area (Å²) in [5, 5.41) is 9.33. The smallest absolute Gasteiger partial charge is 0.337 e. The summed E-state index contributed by atoms with van der Waals surface area (Å²) in [4.78, 5) is 37.0. The highest BCUT2D eigenvalue weighted by molar-refractivity contribution is 14.1. The van der Waals surface area contributed by atoms with Crippen LogP contribution in [0, 0.1) is 10.7 Å². The Balaban J connectivity index is 2.73. The van der Waals surface area contributed by atoms with Gasteiger partial charge in [0.25, 0.3) is 11.8 Å². The Bertz CT molecular complexity index is 715. The van der Waals surface area contributed by atoms with E-state index in [1.807, 2.05) is 67.8 Å². The van der Waals surface area contributed by atoms with E-state index in [0.717, 1.165) is 4.90 Å². The van der Waals surface area contributed by atoms with Gasteiger partial charge >= 0.3 is 5.97 Å². The largest absolute Gasteiger partial charge is 0.478 e. The van der Waals surface area contributed by atoms with Gasteiger partial charge in [-0.1, -0.05) is 0 Å². The number of hydrogen-bond acceptors (Lipinski definition) is 3. The number of rotatable bonds is 2. The van der Waals surface area contributed by atoms with E-state index in [9.17, 15) is 19.5 Å². The molecule has 21 heavy (non-hydrogen) atoms. The molecule has 1 aliphatic rings. The number of hydrogen-bond donors (Lipinski definition) is 1. The molecule has 5 nitrogen and oxygen atoms in total.